The maximum atomic E-state index is 13.8. The molecule has 7 heteroatoms. The first-order chi connectivity index (χ1) is 7.93. The summed E-state index contributed by atoms with van der Waals surface area (Å²) in [5.41, 5.74) is 11.1. The molecule has 0 aliphatic carbocycles. The van der Waals surface area contributed by atoms with E-state index in [1.807, 2.05) is 0 Å². The van der Waals surface area contributed by atoms with Gasteiger partial charge in [-0.05, 0) is 28.1 Å². The molecule has 5 N–H and O–H groups in total. The molecule has 17 heavy (non-hydrogen) atoms. The van der Waals surface area contributed by atoms with Gasteiger partial charge >= 0.3 is 0 Å². The van der Waals surface area contributed by atoms with Gasteiger partial charge in [-0.2, -0.15) is 0 Å². The van der Waals surface area contributed by atoms with Gasteiger partial charge in [0.05, 0.1) is 10.2 Å². The molecule has 1 aromatic carbocycles. The molecule has 0 spiro atoms. The van der Waals surface area contributed by atoms with Gasteiger partial charge in [-0.1, -0.05) is 12.2 Å². The number of halogens is 2. The summed E-state index contributed by atoms with van der Waals surface area (Å²) >= 11 is 7.85. The van der Waals surface area contributed by atoms with Crippen LogP contribution < -0.4 is 16.8 Å². The van der Waals surface area contributed by atoms with Crippen molar-refractivity contribution >= 4 is 44.7 Å². The van der Waals surface area contributed by atoms with Gasteiger partial charge in [-0.25, -0.2) is 4.39 Å². The van der Waals surface area contributed by atoms with Crippen LogP contribution in [0.5, 0.6) is 0 Å². The van der Waals surface area contributed by atoms with Crippen molar-refractivity contribution in [3.05, 3.63) is 28.0 Å². The zero-order valence-corrected chi connectivity index (χ0v) is 11.2. The summed E-state index contributed by atoms with van der Waals surface area (Å²) in [5.74, 6) is -0.948. The second-order valence-corrected chi connectivity index (χ2v) is 4.53. The molecular formula is C10H11BrFN3OS. The van der Waals surface area contributed by atoms with Crippen LogP contribution in [0.1, 0.15) is 12.0 Å². The second-order valence-electron chi connectivity index (χ2n) is 3.30. The molecule has 0 radical (unpaired) electrons. The van der Waals surface area contributed by atoms with Crippen LogP contribution >= 0.6 is 28.1 Å². The monoisotopic (exact) mass is 319 g/mol. The van der Waals surface area contributed by atoms with E-state index in [2.05, 4.69) is 21.2 Å². The minimum absolute atomic E-state index is 0.111. The lowest BCUT2D eigenvalue weighted by Gasteiger charge is -2.10. The molecule has 0 unspecified atom stereocenters. The Hall–Kier alpha value is -1.21. The fourth-order valence-electron chi connectivity index (χ4n) is 1.20. The number of hydrogen-bond donors (Lipinski definition) is 3. The largest absolute Gasteiger partial charge is 0.389 e. The van der Waals surface area contributed by atoms with Crippen LogP contribution in [0, 0.1) is 5.82 Å². The molecule has 1 amide bonds. The lowest BCUT2D eigenvalue weighted by atomic mass is 10.2. The van der Waals surface area contributed by atoms with Gasteiger partial charge in [0.2, 0.25) is 5.91 Å². The number of anilines is 1. The van der Waals surface area contributed by atoms with Gasteiger partial charge in [0.25, 0.3) is 0 Å². The molecule has 0 aliphatic rings. The third kappa shape index (κ3) is 3.64. The van der Waals surface area contributed by atoms with Crippen molar-refractivity contribution in [2.75, 3.05) is 11.9 Å². The Morgan fingerprint density at radius 1 is 1.47 bits per heavy atom. The molecule has 1 aromatic rings. The number of carbonyl (C=O) groups is 1. The molecule has 0 aliphatic heterocycles. The first-order valence-electron chi connectivity index (χ1n) is 4.73. The molecule has 0 fully saturated rings. The van der Waals surface area contributed by atoms with Crippen molar-refractivity contribution in [2.24, 2.45) is 11.5 Å². The zero-order valence-electron chi connectivity index (χ0n) is 8.80. The van der Waals surface area contributed by atoms with Crippen molar-refractivity contribution in [3.8, 4) is 0 Å². The van der Waals surface area contributed by atoms with Crippen molar-refractivity contribution < 1.29 is 9.18 Å². The average Bonchev–Trinajstić information content (AvgIpc) is 2.23. The van der Waals surface area contributed by atoms with Crippen LogP contribution in [-0.2, 0) is 4.79 Å². The SMILES string of the molecule is NC(=O)CCNc1ccc(C(N)=S)c(Br)c1F. The molecular weight excluding hydrogens is 309 g/mol. The zero-order chi connectivity index (χ0) is 13.0. The quantitative estimate of drug-likeness (QED) is 0.719. The van der Waals surface area contributed by atoms with Gasteiger partial charge in [-0.15, -0.1) is 0 Å². The highest BCUT2D eigenvalue weighted by Gasteiger charge is 2.12. The van der Waals surface area contributed by atoms with Crippen LogP contribution in [0.15, 0.2) is 16.6 Å². The average molecular weight is 320 g/mol. The van der Waals surface area contributed by atoms with E-state index < -0.39 is 11.7 Å². The molecule has 0 saturated heterocycles. The van der Waals surface area contributed by atoms with Gasteiger partial charge in [-0.3, -0.25) is 4.79 Å². The fourth-order valence-corrected chi connectivity index (χ4v) is 2.06. The number of nitrogens with one attached hydrogen (secondary N) is 1. The molecule has 0 bridgehead atoms. The lowest BCUT2D eigenvalue weighted by molar-refractivity contribution is -0.117. The van der Waals surface area contributed by atoms with Crippen LogP contribution in [0.25, 0.3) is 0 Å². The Morgan fingerprint density at radius 2 is 2.12 bits per heavy atom. The first kappa shape index (κ1) is 13.9. The summed E-state index contributed by atoms with van der Waals surface area (Å²) in [6.45, 7) is 0.269. The standard InChI is InChI=1S/C10H11BrFN3OS/c11-8-5(10(14)17)1-2-6(9(8)12)15-4-3-7(13)16/h1-2,15H,3-4H2,(H2,13,16)(H2,14,17). The number of primary amides is 1. The molecule has 4 nitrogen and oxygen atoms in total. The molecule has 0 heterocycles. The van der Waals surface area contributed by atoms with E-state index in [0.29, 0.717) is 5.56 Å². The maximum absolute atomic E-state index is 13.8. The first-order valence-corrected chi connectivity index (χ1v) is 5.93. The Labute approximate surface area is 112 Å². The minimum Gasteiger partial charge on any atom is -0.389 e. The van der Waals surface area contributed by atoms with Crippen molar-refractivity contribution in [1.82, 2.24) is 0 Å². The summed E-state index contributed by atoms with van der Waals surface area (Å²) in [7, 11) is 0. The van der Waals surface area contributed by atoms with Crippen LogP contribution in [0.3, 0.4) is 0 Å². The van der Waals surface area contributed by atoms with Crippen LogP contribution in [0.2, 0.25) is 0 Å². The lowest BCUT2D eigenvalue weighted by Crippen LogP contribution is -2.17. The van der Waals surface area contributed by atoms with E-state index in [-0.39, 0.29) is 28.1 Å². The summed E-state index contributed by atoms with van der Waals surface area (Å²) in [6.07, 6.45) is 0.133. The van der Waals surface area contributed by atoms with E-state index in [1.165, 1.54) is 6.07 Å². The third-order valence-electron chi connectivity index (χ3n) is 2.03. The Balaban J connectivity index is 2.85. The van der Waals surface area contributed by atoms with Gasteiger partial charge < -0.3 is 16.8 Å². The van der Waals surface area contributed by atoms with Crippen molar-refractivity contribution in [1.29, 1.82) is 0 Å². The highest BCUT2D eigenvalue weighted by molar-refractivity contribution is 9.10. The minimum atomic E-state index is -0.500. The Morgan fingerprint density at radius 3 is 2.65 bits per heavy atom. The van der Waals surface area contributed by atoms with E-state index >= 15 is 0 Å². The molecule has 92 valence electrons. The predicted octanol–water partition coefficient (Wildman–Crippen LogP) is 1.51. The predicted molar refractivity (Wildman–Crippen MR) is 72.3 cm³/mol. The normalized spacial score (nSPS) is 10.0. The summed E-state index contributed by atoms with van der Waals surface area (Å²) in [4.78, 5) is 10.6. The summed E-state index contributed by atoms with van der Waals surface area (Å²) in [6, 6.07) is 3.11. The summed E-state index contributed by atoms with van der Waals surface area (Å²) in [5, 5.41) is 2.76. The van der Waals surface area contributed by atoms with Gasteiger partial charge in [0, 0.05) is 18.5 Å². The van der Waals surface area contributed by atoms with Crippen LogP contribution in [0.4, 0.5) is 10.1 Å². The number of nitrogens with two attached hydrogens (primary N) is 2. The van der Waals surface area contributed by atoms with Gasteiger partial charge in [0.1, 0.15) is 4.99 Å². The smallest absolute Gasteiger partial charge is 0.219 e. The van der Waals surface area contributed by atoms with Crippen molar-refractivity contribution in [2.45, 2.75) is 6.42 Å². The Kier molecular flexibility index (Phi) is 4.83. The molecule has 0 atom stereocenters. The number of thiocarbonyl (C=S) groups is 1. The maximum Gasteiger partial charge on any atom is 0.219 e. The second kappa shape index (κ2) is 5.92. The number of carbonyl (C=O) groups excluding carboxylic acids is 1. The Bertz CT molecular complexity index is 467. The highest BCUT2D eigenvalue weighted by atomic mass is 79.9. The van der Waals surface area contributed by atoms with E-state index in [9.17, 15) is 9.18 Å². The number of benzene rings is 1. The van der Waals surface area contributed by atoms with E-state index in [4.69, 9.17) is 23.7 Å². The van der Waals surface area contributed by atoms with Crippen LogP contribution in [-0.4, -0.2) is 17.4 Å². The topological polar surface area (TPSA) is 81.1 Å². The van der Waals surface area contributed by atoms with E-state index in [0.717, 1.165) is 0 Å². The van der Waals surface area contributed by atoms with E-state index in [1.54, 1.807) is 6.07 Å². The third-order valence-corrected chi connectivity index (χ3v) is 3.03. The summed E-state index contributed by atoms with van der Waals surface area (Å²) < 4.78 is 14.0. The number of amides is 1. The molecule has 0 aromatic heterocycles. The molecule has 1 rings (SSSR count). The van der Waals surface area contributed by atoms with Crippen molar-refractivity contribution in [3.63, 3.8) is 0 Å². The fraction of sp³-hybridized carbons (Fsp3) is 0.200. The molecule has 0 saturated carbocycles. The number of hydrogen-bond acceptors (Lipinski definition) is 3. The van der Waals surface area contributed by atoms with Gasteiger partial charge in [0.15, 0.2) is 5.82 Å². The highest BCUT2D eigenvalue weighted by Crippen LogP contribution is 2.26. The number of rotatable bonds is 5.